The number of aliphatic hydroxyl groups is 1. The van der Waals surface area contributed by atoms with Crippen LogP contribution in [0.15, 0.2) is 102 Å². The van der Waals surface area contributed by atoms with Crippen molar-refractivity contribution in [3.63, 3.8) is 0 Å². The van der Waals surface area contributed by atoms with Gasteiger partial charge in [0.25, 0.3) is 0 Å². The van der Waals surface area contributed by atoms with Crippen LogP contribution in [0.2, 0.25) is 0 Å². The number of esters is 2. The molecule has 0 aliphatic heterocycles. The molecule has 3 aromatic heterocycles. The Morgan fingerprint density at radius 1 is 0.600 bits per heavy atom. The van der Waals surface area contributed by atoms with Crippen molar-refractivity contribution >= 4 is 63.5 Å². The van der Waals surface area contributed by atoms with Gasteiger partial charge in [-0.05, 0) is 88.3 Å². The van der Waals surface area contributed by atoms with Gasteiger partial charge in [-0.3, -0.25) is 33.6 Å². The molecular formula is C48H63ClN8O13. The number of amides is 1. The summed E-state index contributed by atoms with van der Waals surface area (Å²) in [4.78, 5) is 114. The predicted octanol–water partition coefficient (Wildman–Crippen LogP) is 3.27. The van der Waals surface area contributed by atoms with Gasteiger partial charge in [-0.2, -0.15) is 0 Å². The third kappa shape index (κ3) is 16.0. The van der Waals surface area contributed by atoms with E-state index in [1.165, 1.54) is 13.7 Å². The summed E-state index contributed by atoms with van der Waals surface area (Å²) in [5, 5.41) is 11.3. The SMILES string of the molecule is CC(C)[C@H](N)C(=O)OCCCn1c(=O)c(=O)[nH]c2ccccc21.CC(C)[C@H](NC(=O)OC(C)(C)C)C(=O)OCCCn1c(=O)c(=O)[nH]c2ccccc21.Cl.O=c1[nH]c2ccccc2n(CCCO)c1=O. The zero-order valence-corrected chi connectivity index (χ0v) is 41.1. The van der Waals surface area contributed by atoms with Gasteiger partial charge in [0, 0.05) is 26.2 Å². The van der Waals surface area contributed by atoms with E-state index in [0.29, 0.717) is 58.9 Å². The van der Waals surface area contributed by atoms with Crippen LogP contribution in [0.3, 0.4) is 0 Å². The topological polar surface area (TPSA) is 302 Å². The monoisotopic (exact) mass is 994 g/mol. The molecule has 0 saturated carbocycles. The number of halogens is 1. The van der Waals surface area contributed by atoms with Crippen molar-refractivity contribution in [1.29, 1.82) is 0 Å². The van der Waals surface area contributed by atoms with Crippen molar-refractivity contribution in [2.75, 3.05) is 19.8 Å². The summed E-state index contributed by atoms with van der Waals surface area (Å²) in [5.41, 5.74) is 4.87. The predicted molar refractivity (Wildman–Crippen MR) is 267 cm³/mol. The van der Waals surface area contributed by atoms with Crippen LogP contribution in [0.4, 0.5) is 4.79 Å². The first-order chi connectivity index (χ1) is 32.6. The number of aromatic amines is 3. The molecule has 0 unspecified atom stereocenters. The zero-order chi connectivity index (χ0) is 51.0. The van der Waals surface area contributed by atoms with E-state index in [9.17, 15) is 43.2 Å². The summed E-state index contributed by atoms with van der Waals surface area (Å²) < 4.78 is 19.7. The molecule has 0 fully saturated rings. The zero-order valence-electron chi connectivity index (χ0n) is 40.3. The fourth-order valence-corrected chi connectivity index (χ4v) is 6.74. The van der Waals surface area contributed by atoms with Gasteiger partial charge in [-0.1, -0.05) is 64.1 Å². The van der Waals surface area contributed by atoms with Crippen molar-refractivity contribution in [2.24, 2.45) is 17.6 Å². The molecule has 380 valence electrons. The molecule has 0 bridgehead atoms. The fraction of sp³-hybridized carbons (Fsp3) is 0.438. The molecule has 0 radical (unpaired) electrons. The van der Waals surface area contributed by atoms with Crippen molar-refractivity contribution in [1.82, 2.24) is 34.0 Å². The van der Waals surface area contributed by atoms with E-state index in [1.54, 1.807) is 107 Å². The summed E-state index contributed by atoms with van der Waals surface area (Å²) in [6.07, 6.45) is 0.507. The number of nitrogens with one attached hydrogen (secondary N) is 4. The maximum Gasteiger partial charge on any atom is 0.408 e. The molecule has 2 atom stereocenters. The minimum Gasteiger partial charge on any atom is -0.464 e. The van der Waals surface area contributed by atoms with Gasteiger partial charge in [0.2, 0.25) is 0 Å². The number of nitrogens with zero attached hydrogens (tertiary/aromatic N) is 3. The summed E-state index contributed by atoms with van der Waals surface area (Å²) in [6.45, 7) is 13.5. The van der Waals surface area contributed by atoms with Crippen LogP contribution in [0, 0.1) is 11.8 Å². The first-order valence-corrected chi connectivity index (χ1v) is 22.5. The lowest BCUT2D eigenvalue weighted by atomic mass is 10.1. The molecule has 7 N–H and O–H groups in total. The molecule has 0 aliphatic rings. The van der Waals surface area contributed by atoms with Crippen LogP contribution in [-0.2, 0) is 43.4 Å². The second-order valence-electron chi connectivity index (χ2n) is 17.5. The molecule has 3 heterocycles. The van der Waals surface area contributed by atoms with Crippen LogP contribution in [0.1, 0.15) is 67.7 Å². The number of aryl methyl sites for hydroxylation is 3. The third-order valence-corrected chi connectivity index (χ3v) is 10.3. The second-order valence-corrected chi connectivity index (χ2v) is 17.5. The summed E-state index contributed by atoms with van der Waals surface area (Å²) in [7, 11) is 0. The minimum absolute atomic E-state index is 0. The van der Waals surface area contributed by atoms with Crippen LogP contribution < -0.4 is 44.4 Å². The molecule has 22 heteroatoms. The minimum atomic E-state index is -0.858. The number of hydrogen-bond donors (Lipinski definition) is 6. The van der Waals surface area contributed by atoms with E-state index in [2.05, 4.69) is 20.3 Å². The van der Waals surface area contributed by atoms with Gasteiger partial charge in [-0.25, -0.2) is 9.59 Å². The number of aromatic nitrogens is 6. The first-order valence-electron chi connectivity index (χ1n) is 22.5. The molecule has 0 spiro atoms. The molecule has 1 amide bonds. The van der Waals surface area contributed by atoms with Crippen LogP contribution in [0.5, 0.6) is 0 Å². The number of H-pyrrole nitrogens is 3. The van der Waals surface area contributed by atoms with Gasteiger partial charge in [0.1, 0.15) is 17.7 Å². The summed E-state index contributed by atoms with van der Waals surface area (Å²) in [5.74, 6) is -1.24. The van der Waals surface area contributed by atoms with Crippen LogP contribution in [0.25, 0.3) is 33.1 Å². The van der Waals surface area contributed by atoms with Gasteiger partial charge in [-0.15, -0.1) is 12.4 Å². The third-order valence-electron chi connectivity index (χ3n) is 10.3. The van der Waals surface area contributed by atoms with E-state index in [1.807, 2.05) is 13.8 Å². The van der Waals surface area contributed by atoms with Crippen molar-refractivity contribution in [3.05, 3.63) is 135 Å². The quantitative estimate of drug-likeness (QED) is 0.0351. The Labute approximate surface area is 407 Å². The fourth-order valence-electron chi connectivity index (χ4n) is 6.74. The molecule has 70 heavy (non-hydrogen) atoms. The second kappa shape index (κ2) is 26.6. The molecule has 0 saturated heterocycles. The number of rotatable bonds is 16. The maximum absolute atomic E-state index is 12.4. The van der Waals surface area contributed by atoms with E-state index >= 15 is 0 Å². The van der Waals surface area contributed by atoms with Crippen molar-refractivity contribution < 1.29 is 33.7 Å². The maximum atomic E-state index is 12.4. The molecule has 3 aromatic carbocycles. The van der Waals surface area contributed by atoms with E-state index < -0.39 is 69.1 Å². The Balaban J connectivity index is 0.000000288. The highest BCUT2D eigenvalue weighted by molar-refractivity contribution is 5.85. The Kier molecular flexibility index (Phi) is 21.7. The van der Waals surface area contributed by atoms with Gasteiger partial charge < -0.3 is 59.0 Å². The Bertz CT molecular complexity index is 3090. The Hall–Kier alpha value is -7.10. The highest BCUT2D eigenvalue weighted by Crippen LogP contribution is 2.12. The van der Waals surface area contributed by atoms with E-state index in [-0.39, 0.29) is 57.2 Å². The molecule has 0 aliphatic carbocycles. The largest absolute Gasteiger partial charge is 0.464 e. The highest BCUT2D eigenvalue weighted by Gasteiger charge is 2.28. The van der Waals surface area contributed by atoms with Gasteiger partial charge in [0.15, 0.2) is 0 Å². The van der Waals surface area contributed by atoms with E-state index in [0.717, 1.165) is 0 Å². The highest BCUT2D eigenvalue weighted by atomic mass is 35.5. The molecule has 6 rings (SSSR count). The van der Waals surface area contributed by atoms with Gasteiger partial charge >= 0.3 is 51.4 Å². The van der Waals surface area contributed by atoms with Crippen molar-refractivity contribution in [2.45, 2.75) is 105 Å². The van der Waals surface area contributed by atoms with Gasteiger partial charge in [0.05, 0.1) is 46.3 Å². The number of para-hydroxylation sites is 6. The number of fused-ring (bicyclic) bond motifs is 3. The number of benzene rings is 3. The number of alkyl carbamates (subject to hydrolysis) is 1. The molecule has 6 aromatic rings. The summed E-state index contributed by atoms with van der Waals surface area (Å²) >= 11 is 0. The molecular weight excluding hydrogens is 932 g/mol. The number of nitrogens with two attached hydrogens (primary N) is 1. The number of carbonyl (C=O) groups is 3. The Morgan fingerprint density at radius 3 is 1.30 bits per heavy atom. The van der Waals surface area contributed by atoms with E-state index in [4.69, 9.17) is 25.1 Å². The Morgan fingerprint density at radius 2 is 0.957 bits per heavy atom. The van der Waals surface area contributed by atoms with Crippen molar-refractivity contribution in [3.8, 4) is 0 Å². The number of ether oxygens (including phenoxy) is 3. The van der Waals surface area contributed by atoms with Crippen LogP contribution >= 0.6 is 12.4 Å². The summed E-state index contributed by atoms with van der Waals surface area (Å²) in [6, 6.07) is 19.6. The lowest BCUT2D eigenvalue weighted by molar-refractivity contribution is -0.148. The average Bonchev–Trinajstić information content (AvgIpc) is 3.30. The lowest BCUT2D eigenvalue weighted by Gasteiger charge is -2.24. The number of aliphatic hydroxyl groups excluding tert-OH is 1. The number of carbonyl (C=O) groups excluding carboxylic acids is 3. The molecule has 21 nitrogen and oxygen atoms in total. The first kappa shape index (κ1) is 57.2. The lowest BCUT2D eigenvalue weighted by Crippen LogP contribution is -2.47. The van der Waals surface area contributed by atoms with Crippen LogP contribution in [-0.4, -0.2) is 89.3 Å². The normalized spacial score (nSPS) is 12.0. The standard InChI is InChI=1S/C21H29N3O6.C16H21N3O4.C11H12N2O3.ClH/c1-13(2)16(23-20(28)30-21(3,4)5)19(27)29-12-8-11-24-15-10-7-6-9-14(15)22-17(25)18(24)26;1-10(2)13(17)16(22)23-9-5-8-19-12-7-4-3-6-11(12)18-14(20)15(19)21;14-7-3-6-13-9-5-2-1-4-8(9)12-10(15)11(13)16;/h6-7,9-10,13,16H,8,11-12H2,1-5H3,(H,22,25)(H,23,28);3-4,6-7,10,13H,5,8-9,17H2,1-2H3,(H,18,20);1-2,4-5,14H,3,6-7H2,(H,12,15);1H/t16-;13-;;/m00../s1. The average molecular weight is 996 g/mol. The smallest absolute Gasteiger partial charge is 0.408 e. The number of hydrogen-bond acceptors (Lipinski definition) is 14.